The molecule has 2 N–H and O–H groups in total. The van der Waals surface area contributed by atoms with Crippen LogP contribution in [0.2, 0.25) is 5.02 Å². The summed E-state index contributed by atoms with van der Waals surface area (Å²) in [6.45, 7) is 4.20. The number of benzene rings is 1. The summed E-state index contributed by atoms with van der Waals surface area (Å²) in [5.41, 5.74) is 1.17. The molecule has 1 unspecified atom stereocenters. The Labute approximate surface area is 158 Å². The fourth-order valence-electron chi connectivity index (χ4n) is 3.59. The molecule has 0 bridgehead atoms. The van der Waals surface area contributed by atoms with Crippen LogP contribution >= 0.6 is 11.6 Å². The van der Waals surface area contributed by atoms with Crippen molar-refractivity contribution in [3.63, 3.8) is 0 Å². The normalized spacial score (nSPS) is 17.7. The molecule has 6 nitrogen and oxygen atoms in total. The van der Waals surface area contributed by atoms with Crippen LogP contribution in [0.15, 0.2) is 33.6 Å². The second-order valence-electron chi connectivity index (χ2n) is 6.70. The zero-order valence-corrected chi connectivity index (χ0v) is 16.2. The van der Waals surface area contributed by atoms with Crippen molar-refractivity contribution in [2.45, 2.75) is 31.6 Å². The molecule has 1 aromatic heterocycles. The van der Waals surface area contributed by atoms with Crippen LogP contribution in [-0.2, 0) is 16.4 Å². The summed E-state index contributed by atoms with van der Waals surface area (Å²) in [5.74, 6) is 0.360. The Morgan fingerprint density at radius 3 is 2.73 bits per heavy atom. The van der Waals surface area contributed by atoms with Crippen LogP contribution in [0.4, 0.5) is 0 Å². The number of amides is 1. The summed E-state index contributed by atoms with van der Waals surface area (Å²) in [4.78, 5) is 14.4. The number of aryl methyl sites for hydroxylation is 2. The molecule has 1 amide bonds. The average Bonchev–Trinajstić information content (AvgIpc) is 3.10. The molecule has 0 saturated carbocycles. The van der Waals surface area contributed by atoms with E-state index in [1.54, 1.807) is 11.8 Å². The molecule has 8 heteroatoms. The molecule has 1 fully saturated rings. The van der Waals surface area contributed by atoms with Crippen LogP contribution in [0, 0.1) is 19.8 Å². The van der Waals surface area contributed by atoms with Crippen molar-refractivity contribution in [3.8, 4) is 0 Å². The zero-order chi connectivity index (χ0) is 19.1. The number of nitrogens with two attached hydrogens (primary N) is 1. The second kappa shape index (κ2) is 7.06. The lowest BCUT2D eigenvalue weighted by molar-refractivity contribution is 0.0782. The highest BCUT2D eigenvalue weighted by Gasteiger charge is 2.34. The van der Waals surface area contributed by atoms with E-state index in [9.17, 15) is 13.2 Å². The maximum atomic E-state index is 12.9. The lowest BCUT2D eigenvalue weighted by atomic mass is 9.99. The number of sulfonamides is 1. The number of furan rings is 1. The highest BCUT2D eigenvalue weighted by Crippen LogP contribution is 2.30. The number of carbonyl (C=O) groups excluding carboxylic acids is 1. The van der Waals surface area contributed by atoms with Gasteiger partial charge in [-0.25, -0.2) is 13.6 Å². The minimum absolute atomic E-state index is 0.0494. The summed E-state index contributed by atoms with van der Waals surface area (Å²) >= 11 is 6.03. The van der Waals surface area contributed by atoms with Gasteiger partial charge in [0.1, 0.15) is 22.0 Å². The number of hydrogen-bond acceptors (Lipinski definition) is 4. The van der Waals surface area contributed by atoms with E-state index in [0.717, 1.165) is 18.4 Å². The fourth-order valence-corrected chi connectivity index (χ4v) is 4.76. The number of nitrogens with zero attached hydrogens (tertiary/aromatic N) is 1. The van der Waals surface area contributed by atoms with E-state index in [0.29, 0.717) is 24.0 Å². The van der Waals surface area contributed by atoms with Crippen molar-refractivity contribution in [1.82, 2.24) is 4.90 Å². The van der Waals surface area contributed by atoms with Gasteiger partial charge in [-0.3, -0.25) is 4.79 Å². The quantitative estimate of drug-likeness (QED) is 0.859. The number of halogens is 1. The van der Waals surface area contributed by atoms with Gasteiger partial charge in [0.15, 0.2) is 0 Å². The average molecular weight is 397 g/mol. The molecule has 0 spiro atoms. The first-order valence-corrected chi connectivity index (χ1v) is 10.3. The molecule has 1 aliphatic rings. The van der Waals surface area contributed by atoms with Crippen molar-refractivity contribution in [2.24, 2.45) is 11.1 Å². The Balaban J connectivity index is 1.79. The number of carbonyl (C=O) groups is 1. The Morgan fingerprint density at radius 2 is 2.08 bits per heavy atom. The van der Waals surface area contributed by atoms with Gasteiger partial charge in [-0.2, -0.15) is 0 Å². The van der Waals surface area contributed by atoms with Crippen LogP contribution in [0.25, 0.3) is 0 Å². The minimum Gasteiger partial charge on any atom is -0.464 e. The number of hydrogen-bond donors (Lipinski definition) is 1. The van der Waals surface area contributed by atoms with E-state index < -0.39 is 10.0 Å². The molecule has 2 heterocycles. The van der Waals surface area contributed by atoms with Gasteiger partial charge in [0.25, 0.3) is 5.91 Å². The number of likely N-dealkylation sites (tertiary alicyclic amines) is 1. The zero-order valence-electron chi connectivity index (χ0n) is 14.7. The third kappa shape index (κ3) is 3.79. The second-order valence-corrected chi connectivity index (χ2v) is 8.64. The maximum Gasteiger partial charge on any atom is 0.258 e. The van der Waals surface area contributed by atoms with Crippen LogP contribution in [0.1, 0.15) is 33.9 Å². The Morgan fingerprint density at radius 1 is 1.35 bits per heavy atom. The van der Waals surface area contributed by atoms with Gasteiger partial charge in [0, 0.05) is 18.1 Å². The molecule has 140 valence electrons. The van der Waals surface area contributed by atoms with Crippen molar-refractivity contribution in [3.05, 3.63) is 51.9 Å². The molecular weight excluding hydrogens is 376 g/mol. The van der Waals surface area contributed by atoms with E-state index in [1.807, 2.05) is 24.3 Å². The highest BCUT2D eigenvalue weighted by atomic mass is 35.5. The summed E-state index contributed by atoms with van der Waals surface area (Å²) in [6.07, 6.45) is 1.66. The smallest absolute Gasteiger partial charge is 0.258 e. The van der Waals surface area contributed by atoms with Crippen LogP contribution in [0.3, 0.4) is 0 Å². The molecule has 2 aromatic rings. The van der Waals surface area contributed by atoms with Crippen LogP contribution in [-0.4, -0.2) is 32.3 Å². The van der Waals surface area contributed by atoms with Crippen LogP contribution < -0.4 is 5.14 Å². The predicted octanol–water partition coefficient (Wildman–Crippen LogP) is 2.90. The molecule has 1 saturated heterocycles. The lowest BCUT2D eigenvalue weighted by Crippen LogP contribution is -2.31. The number of primary sulfonamides is 1. The predicted molar refractivity (Wildman–Crippen MR) is 98.7 cm³/mol. The fraction of sp³-hybridized carbons (Fsp3) is 0.389. The monoisotopic (exact) mass is 396 g/mol. The summed E-state index contributed by atoms with van der Waals surface area (Å²) in [6, 6.07) is 7.67. The van der Waals surface area contributed by atoms with E-state index in [-0.39, 0.29) is 27.9 Å². The van der Waals surface area contributed by atoms with Gasteiger partial charge < -0.3 is 9.32 Å². The molecule has 1 aromatic carbocycles. The van der Waals surface area contributed by atoms with Gasteiger partial charge in [-0.1, -0.05) is 23.7 Å². The standard InChI is InChI=1S/C18H21ClN2O4S/c1-11-16(17(12(2)25-11)26(20,23)24)18(22)21-7-6-14(10-21)8-13-4-3-5-15(19)9-13/h3-5,9,14H,6-8,10H2,1-2H3,(H2,20,23,24). The third-order valence-corrected chi connectivity index (χ3v) is 5.99. The Kier molecular flexibility index (Phi) is 5.14. The summed E-state index contributed by atoms with van der Waals surface area (Å²) in [5, 5.41) is 5.97. The van der Waals surface area contributed by atoms with E-state index >= 15 is 0 Å². The molecule has 0 aliphatic carbocycles. The minimum atomic E-state index is -4.04. The number of rotatable bonds is 4. The molecule has 3 rings (SSSR count). The van der Waals surface area contributed by atoms with Gasteiger partial charge in [0.2, 0.25) is 10.0 Å². The Bertz CT molecular complexity index is 952. The van der Waals surface area contributed by atoms with Gasteiger partial charge >= 0.3 is 0 Å². The lowest BCUT2D eigenvalue weighted by Gasteiger charge is -2.17. The SMILES string of the molecule is Cc1oc(C)c(S(N)(=O)=O)c1C(=O)N1CCC(Cc2cccc(Cl)c2)C1. The Hall–Kier alpha value is -1.83. The molecule has 1 atom stereocenters. The van der Waals surface area contributed by atoms with Crippen LogP contribution in [0.5, 0.6) is 0 Å². The largest absolute Gasteiger partial charge is 0.464 e. The summed E-state index contributed by atoms with van der Waals surface area (Å²) < 4.78 is 29.1. The topological polar surface area (TPSA) is 93.6 Å². The van der Waals surface area contributed by atoms with Crippen molar-refractivity contribution < 1.29 is 17.6 Å². The third-order valence-electron chi connectivity index (χ3n) is 4.69. The molecule has 26 heavy (non-hydrogen) atoms. The summed E-state index contributed by atoms with van der Waals surface area (Å²) in [7, 11) is -4.04. The molecular formula is C18H21ClN2O4S. The van der Waals surface area contributed by atoms with Gasteiger partial charge in [0.05, 0.1) is 0 Å². The van der Waals surface area contributed by atoms with Crippen molar-refractivity contribution in [2.75, 3.05) is 13.1 Å². The maximum absolute atomic E-state index is 12.9. The first-order chi connectivity index (χ1) is 12.2. The first-order valence-electron chi connectivity index (χ1n) is 8.33. The first kappa shape index (κ1) is 18.9. The van der Waals surface area contributed by atoms with Gasteiger partial charge in [-0.15, -0.1) is 0 Å². The van der Waals surface area contributed by atoms with Crippen molar-refractivity contribution in [1.29, 1.82) is 0 Å². The highest BCUT2D eigenvalue weighted by molar-refractivity contribution is 7.89. The molecule has 0 radical (unpaired) electrons. The van der Waals surface area contributed by atoms with Crippen molar-refractivity contribution >= 4 is 27.5 Å². The van der Waals surface area contributed by atoms with E-state index in [4.69, 9.17) is 21.2 Å². The van der Waals surface area contributed by atoms with E-state index in [2.05, 4.69) is 0 Å². The van der Waals surface area contributed by atoms with Gasteiger partial charge in [-0.05, 0) is 50.3 Å². The van der Waals surface area contributed by atoms with E-state index in [1.165, 1.54) is 6.92 Å². The molecule has 1 aliphatic heterocycles.